The Morgan fingerprint density at radius 3 is 1.67 bits per heavy atom. The van der Waals surface area contributed by atoms with Crippen molar-refractivity contribution in [3.05, 3.63) is 97.2 Å². The fourth-order valence-electron chi connectivity index (χ4n) is 2.93. The van der Waals surface area contributed by atoms with Crippen LogP contribution in [0.25, 0.3) is 33.1 Å². The van der Waals surface area contributed by atoms with E-state index in [4.69, 9.17) is 0 Å². The predicted molar refractivity (Wildman–Crippen MR) is 102 cm³/mol. The molecule has 0 radical (unpaired) electrons. The van der Waals surface area contributed by atoms with Gasteiger partial charge in [-0.2, -0.15) is 0 Å². The minimum absolute atomic E-state index is 1.17. The van der Waals surface area contributed by atoms with E-state index in [9.17, 15) is 0 Å². The van der Waals surface area contributed by atoms with Gasteiger partial charge < -0.3 is 9.97 Å². The third-order valence-electron chi connectivity index (χ3n) is 4.10. The SMILES string of the molecule is c1ccc(-c2ccc[nH]2)cc1.c1ccc2c(c1)[nH]c1ccccc12. The highest BCUT2D eigenvalue weighted by molar-refractivity contribution is 6.06. The molecular formula is C22H18N2. The van der Waals surface area contributed by atoms with Gasteiger partial charge in [-0.1, -0.05) is 66.7 Å². The molecule has 2 heterocycles. The maximum atomic E-state index is 3.38. The van der Waals surface area contributed by atoms with Crippen LogP contribution in [0.15, 0.2) is 97.2 Å². The molecule has 0 saturated carbocycles. The number of rotatable bonds is 1. The zero-order valence-electron chi connectivity index (χ0n) is 13.2. The maximum Gasteiger partial charge on any atom is 0.0464 e. The average molecular weight is 310 g/mol. The van der Waals surface area contributed by atoms with Gasteiger partial charge in [0.15, 0.2) is 0 Å². The number of aromatic amines is 2. The van der Waals surface area contributed by atoms with Crippen molar-refractivity contribution < 1.29 is 0 Å². The molecular weight excluding hydrogens is 292 g/mol. The number of H-pyrrole nitrogens is 2. The second-order valence-electron chi connectivity index (χ2n) is 5.67. The van der Waals surface area contributed by atoms with Crippen molar-refractivity contribution in [3.63, 3.8) is 0 Å². The lowest BCUT2D eigenvalue weighted by molar-refractivity contribution is 1.40. The fourth-order valence-corrected chi connectivity index (χ4v) is 2.93. The molecule has 5 aromatic rings. The minimum atomic E-state index is 1.17. The van der Waals surface area contributed by atoms with Crippen molar-refractivity contribution in [1.29, 1.82) is 0 Å². The van der Waals surface area contributed by atoms with Crippen LogP contribution in [-0.4, -0.2) is 9.97 Å². The Bertz CT molecular complexity index is 991. The highest BCUT2D eigenvalue weighted by atomic mass is 14.7. The summed E-state index contributed by atoms with van der Waals surface area (Å²) in [6, 6.07) is 31.1. The molecule has 5 rings (SSSR count). The molecule has 0 aliphatic rings. The van der Waals surface area contributed by atoms with Gasteiger partial charge >= 0.3 is 0 Å². The second kappa shape index (κ2) is 6.47. The summed E-state index contributed by atoms with van der Waals surface area (Å²) in [7, 11) is 0. The first-order valence-corrected chi connectivity index (χ1v) is 8.06. The number of aromatic nitrogens is 2. The fraction of sp³-hybridized carbons (Fsp3) is 0. The monoisotopic (exact) mass is 310 g/mol. The van der Waals surface area contributed by atoms with Gasteiger partial charge in [0.25, 0.3) is 0 Å². The molecule has 0 aliphatic heterocycles. The Kier molecular flexibility index (Phi) is 3.86. The van der Waals surface area contributed by atoms with E-state index in [0.717, 1.165) is 0 Å². The summed E-state index contributed by atoms with van der Waals surface area (Å²) >= 11 is 0. The summed E-state index contributed by atoms with van der Waals surface area (Å²) in [5.41, 5.74) is 4.83. The molecule has 0 fully saturated rings. The Morgan fingerprint density at radius 2 is 1.08 bits per heavy atom. The van der Waals surface area contributed by atoms with Gasteiger partial charge in [-0.3, -0.25) is 0 Å². The average Bonchev–Trinajstić information content (AvgIpc) is 3.31. The third kappa shape index (κ3) is 2.82. The Balaban J connectivity index is 0.000000123. The summed E-state index contributed by atoms with van der Waals surface area (Å²) in [4.78, 5) is 6.53. The standard InChI is InChI=1S/C12H9N.C10H9N/c1-3-7-11-9(5-1)10-6-2-4-8-12(10)13-11;1-2-5-9(6-3-1)10-7-4-8-11-10/h1-8,13H;1-8,11H. The van der Waals surface area contributed by atoms with Gasteiger partial charge in [0, 0.05) is 33.7 Å². The van der Waals surface area contributed by atoms with Gasteiger partial charge in [-0.05, 0) is 29.8 Å². The van der Waals surface area contributed by atoms with E-state index in [0.29, 0.717) is 0 Å². The molecule has 0 unspecified atom stereocenters. The summed E-state index contributed by atoms with van der Waals surface area (Å²) in [5, 5.41) is 2.61. The van der Waals surface area contributed by atoms with Gasteiger partial charge in [0.2, 0.25) is 0 Å². The number of benzene rings is 3. The van der Waals surface area contributed by atoms with E-state index in [1.54, 1.807) is 0 Å². The van der Waals surface area contributed by atoms with Crippen molar-refractivity contribution in [2.45, 2.75) is 0 Å². The molecule has 0 saturated heterocycles. The van der Waals surface area contributed by atoms with E-state index < -0.39 is 0 Å². The van der Waals surface area contributed by atoms with Gasteiger partial charge in [0.1, 0.15) is 0 Å². The molecule has 2 aromatic heterocycles. The predicted octanol–water partition coefficient (Wildman–Crippen LogP) is 6.00. The third-order valence-corrected chi connectivity index (χ3v) is 4.10. The number of para-hydroxylation sites is 2. The first-order chi connectivity index (χ1) is 11.9. The zero-order valence-corrected chi connectivity index (χ0v) is 13.2. The smallest absolute Gasteiger partial charge is 0.0464 e. The van der Waals surface area contributed by atoms with Crippen molar-refractivity contribution in [2.75, 3.05) is 0 Å². The van der Waals surface area contributed by atoms with Crippen LogP contribution < -0.4 is 0 Å². The number of hydrogen-bond donors (Lipinski definition) is 2. The normalized spacial score (nSPS) is 10.5. The molecule has 0 amide bonds. The van der Waals surface area contributed by atoms with Crippen LogP contribution in [-0.2, 0) is 0 Å². The number of nitrogens with one attached hydrogen (secondary N) is 2. The molecule has 0 atom stereocenters. The van der Waals surface area contributed by atoms with E-state index in [-0.39, 0.29) is 0 Å². The summed E-state index contributed by atoms with van der Waals surface area (Å²) in [6.07, 6.45) is 1.93. The van der Waals surface area contributed by atoms with Crippen molar-refractivity contribution in [3.8, 4) is 11.3 Å². The summed E-state index contributed by atoms with van der Waals surface area (Å²) in [6.45, 7) is 0. The lowest BCUT2D eigenvalue weighted by Crippen LogP contribution is -1.73. The summed E-state index contributed by atoms with van der Waals surface area (Å²) < 4.78 is 0. The molecule has 2 nitrogen and oxygen atoms in total. The Morgan fingerprint density at radius 1 is 0.500 bits per heavy atom. The number of fused-ring (bicyclic) bond motifs is 3. The molecule has 2 N–H and O–H groups in total. The zero-order chi connectivity index (χ0) is 16.2. The minimum Gasteiger partial charge on any atom is -0.361 e. The largest absolute Gasteiger partial charge is 0.361 e. The van der Waals surface area contributed by atoms with Crippen LogP contribution in [0, 0.1) is 0 Å². The quantitative estimate of drug-likeness (QED) is 0.380. The Hall–Kier alpha value is -3.26. The van der Waals surface area contributed by atoms with E-state index in [1.165, 1.54) is 33.1 Å². The maximum absolute atomic E-state index is 3.38. The van der Waals surface area contributed by atoms with Crippen LogP contribution in [0.2, 0.25) is 0 Å². The molecule has 2 heteroatoms. The van der Waals surface area contributed by atoms with Crippen LogP contribution in [0.1, 0.15) is 0 Å². The van der Waals surface area contributed by atoms with Crippen LogP contribution in [0.3, 0.4) is 0 Å². The topological polar surface area (TPSA) is 31.6 Å². The molecule has 24 heavy (non-hydrogen) atoms. The van der Waals surface area contributed by atoms with Gasteiger partial charge in [0.05, 0.1) is 0 Å². The van der Waals surface area contributed by atoms with Crippen molar-refractivity contribution in [1.82, 2.24) is 9.97 Å². The van der Waals surface area contributed by atoms with Gasteiger partial charge in [-0.25, -0.2) is 0 Å². The van der Waals surface area contributed by atoms with Crippen LogP contribution >= 0.6 is 0 Å². The highest BCUT2D eigenvalue weighted by Crippen LogP contribution is 2.24. The van der Waals surface area contributed by atoms with Crippen LogP contribution in [0.5, 0.6) is 0 Å². The van der Waals surface area contributed by atoms with E-state index in [1.807, 2.05) is 30.5 Å². The summed E-state index contributed by atoms with van der Waals surface area (Å²) in [5.74, 6) is 0. The first kappa shape index (κ1) is 14.3. The molecule has 3 aromatic carbocycles. The lowest BCUT2D eigenvalue weighted by atomic mass is 10.2. The molecule has 0 spiro atoms. The molecule has 0 aliphatic carbocycles. The molecule has 0 bridgehead atoms. The van der Waals surface area contributed by atoms with Crippen molar-refractivity contribution >= 4 is 21.8 Å². The van der Waals surface area contributed by atoms with Gasteiger partial charge in [-0.15, -0.1) is 0 Å². The highest BCUT2D eigenvalue weighted by Gasteiger charge is 2.00. The van der Waals surface area contributed by atoms with Crippen LogP contribution in [0.4, 0.5) is 0 Å². The Labute approximate surface area is 140 Å². The van der Waals surface area contributed by atoms with Crippen molar-refractivity contribution in [2.24, 2.45) is 0 Å². The second-order valence-corrected chi connectivity index (χ2v) is 5.67. The first-order valence-electron chi connectivity index (χ1n) is 8.06. The molecule has 116 valence electrons. The lowest BCUT2D eigenvalue weighted by Gasteiger charge is -1.94. The van der Waals surface area contributed by atoms with E-state index in [2.05, 4.69) is 76.7 Å². The number of hydrogen-bond acceptors (Lipinski definition) is 0. The van der Waals surface area contributed by atoms with E-state index >= 15 is 0 Å².